The zero-order chi connectivity index (χ0) is 13.5. The van der Waals surface area contributed by atoms with Crippen LogP contribution in [0.15, 0.2) is 30.3 Å². The van der Waals surface area contributed by atoms with Crippen molar-refractivity contribution in [3.8, 4) is 11.3 Å². The number of hydrogen-bond acceptors (Lipinski definition) is 3. The lowest BCUT2D eigenvalue weighted by molar-refractivity contribution is 0.790. The Bertz CT molecular complexity index is 491. The summed E-state index contributed by atoms with van der Waals surface area (Å²) < 4.78 is 0. The van der Waals surface area contributed by atoms with E-state index < -0.39 is 0 Å². The van der Waals surface area contributed by atoms with Gasteiger partial charge in [-0.05, 0) is 32.9 Å². The van der Waals surface area contributed by atoms with Crippen LogP contribution < -0.4 is 5.32 Å². The summed E-state index contributed by atoms with van der Waals surface area (Å²) in [5.74, 6) is 0. The van der Waals surface area contributed by atoms with Crippen molar-refractivity contribution in [2.75, 3.05) is 13.6 Å². The number of aryl methyl sites for hydroxylation is 1. The normalized spacial score (nSPS) is 10.8. The van der Waals surface area contributed by atoms with Crippen molar-refractivity contribution in [2.24, 2.45) is 0 Å². The van der Waals surface area contributed by atoms with Gasteiger partial charge in [0.1, 0.15) is 0 Å². The predicted octanol–water partition coefficient (Wildman–Crippen LogP) is 3.91. The molecule has 3 heteroatoms. The van der Waals surface area contributed by atoms with E-state index in [9.17, 15) is 0 Å². The maximum Gasteiger partial charge on any atom is 0.0935 e. The first kappa shape index (κ1) is 14.2. The van der Waals surface area contributed by atoms with E-state index in [-0.39, 0.29) is 0 Å². The van der Waals surface area contributed by atoms with Gasteiger partial charge in [-0.15, -0.1) is 11.3 Å². The average Bonchev–Trinajstić information content (AvgIpc) is 2.87. The smallest absolute Gasteiger partial charge is 0.0935 e. The van der Waals surface area contributed by atoms with Crippen molar-refractivity contribution in [3.05, 3.63) is 40.2 Å². The van der Waals surface area contributed by atoms with E-state index in [1.165, 1.54) is 34.0 Å². The van der Waals surface area contributed by atoms with E-state index in [0.717, 1.165) is 19.4 Å². The molecule has 0 amide bonds. The minimum Gasteiger partial charge on any atom is -0.319 e. The molecule has 1 aromatic heterocycles. The van der Waals surface area contributed by atoms with Gasteiger partial charge in [-0.1, -0.05) is 43.7 Å². The van der Waals surface area contributed by atoms with E-state index >= 15 is 0 Å². The molecule has 0 fully saturated rings. The van der Waals surface area contributed by atoms with Crippen molar-refractivity contribution in [2.45, 2.75) is 32.6 Å². The molecule has 0 aliphatic heterocycles. The Hall–Kier alpha value is -1.19. The molecule has 0 unspecified atom stereocenters. The van der Waals surface area contributed by atoms with Gasteiger partial charge >= 0.3 is 0 Å². The maximum absolute atomic E-state index is 4.86. The first-order chi connectivity index (χ1) is 9.35. The fraction of sp³-hybridized carbons (Fsp3) is 0.438. The van der Waals surface area contributed by atoms with Crippen LogP contribution in [0.3, 0.4) is 0 Å². The van der Waals surface area contributed by atoms with Crippen LogP contribution in [0.2, 0.25) is 0 Å². The quantitative estimate of drug-likeness (QED) is 0.828. The van der Waals surface area contributed by atoms with Gasteiger partial charge in [0.25, 0.3) is 0 Å². The standard InChI is InChI=1S/C16H22N2S/c1-3-4-10-15-18-16(13-8-6-5-7-9-13)14(19-15)11-12-17-2/h5-9,17H,3-4,10-12H2,1-2H3. The number of thiazole rings is 1. The maximum atomic E-state index is 4.86. The monoisotopic (exact) mass is 274 g/mol. The van der Waals surface area contributed by atoms with Gasteiger partial charge in [-0.3, -0.25) is 0 Å². The highest BCUT2D eigenvalue weighted by Gasteiger charge is 2.12. The Morgan fingerprint density at radius 2 is 1.95 bits per heavy atom. The third kappa shape index (κ3) is 3.88. The Morgan fingerprint density at radius 1 is 1.16 bits per heavy atom. The molecule has 102 valence electrons. The number of hydrogen-bond donors (Lipinski definition) is 1. The van der Waals surface area contributed by atoms with Crippen LogP contribution in [0, 0.1) is 0 Å². The molecule has 2 rings (SSSR count). The summed E-state index contributed by atoms with van der Waals surface area (Å²) in [5.41, 5.74) is 2.43. The van der Waals surface area contributed by atoms with Crippen molar-refractivity contribution < 1.29 is 0 Å². The van der Waals surface area contributed by atoms with Crippen molar-refractivity contribution >= 4 is 11.3 Å². The van der Waals surface area contributed by atoms with E-state index in [2.05, 4.69) is 42.6 Å². The summed E-state index contributed by atoms with van der Waals surface area (Å²) in [6.45, 7) is 3.24. The first-order valence-electron chi connectivity index (χ1n) is 7.03. The zero-order valence-corrected chi connectivity index (χ0v) is 12.6. The van der Waals surface area contributed by atoms with Crippen molar-refractivity contribution in [1.82, 2.24) is 10.3 Å². The minimum absolute atomic E-state index is 1.01. The second-order valence-corrected chi connectivity index (χ2v) is 5.87. The Kier molecular flexibility index (Phi) is 5.55. The summed E-state index contributed by atoms with van der Waals surface area (Å²) >= 11 is 1.88. The molecule has 19 heavy (non-hydrogen) atoms. The van der Waals surface area contributed by atoms with Crippen LogP contribution in [0.4, 0.5) is 0 Å². The Balaban J connectivity index is 2.25. The summed E-state index contributed by atoms with van der Waals surface area (Å²) in [5, 5.41) is 4.51. The molecule has 0 saturated carbocycles. The SMILES string of the molecule is CCCCc1nc(-c2ccccc2)c(CCNC)s1. The summed E-state index contributed by atoms with van der Waals surface area (Å²) in [6, 6.07) is 10.5. The van der Waals surface area contributed by atoms with E-state index in [1.54, 1.807) is 0 Å². The molecular weight excluding hydrogens is 252 g/mol. The molecule has 2 aromatic rings. The number of nitrogens with one attached hydrogen (secondary N) is 1. The molecule has 1 heterocycles. The van der Waals surface area contributed by atoms with Gasteiger partial charge in [-0.2, -0.15) is 0 Å². The number of unbranched alkanes of at least 4 members (excludes halogenated alkanes) is 1. The van der Waals surface area contributed by atoms with Gasteiger partial charge < -0.3 is 5.32 Å². The molecule has 0 aliphatic carbocycles. The van der Waals surface area contributed by atoms with Gasteiger partial charge in [0.15, 0.2) is 0 Å². The van der Waals surface area contributed by atoms with Gasteiger partial charge in [-0.25, -0.2) is 4.98 Å². The topological polar surface area (TPSA) is 24.9 Å². The molecule has 2 nitrogen and oxygen atoms in total. The lowest BCUT2D eigenvalue weighted by Crippen LogP contribution is -2.09. The highest BCUT2D eigenvalue weighted by molar-refractivity contribution is 7.12. The molecule has 0 radical (unpaired) electrons. The summed E-state index contributed by atoms with van der Waals surface area (Å²) in [6.07, 6.45) is 4.63. The average molecular weight is 274 g/mol. The van der Waals surface area contributed by atoms with E-state index in [1.807, 2.05) is 18.4 Å². The second kappa shape index (κ2) is 7.41. The lowest BCUT2D eigenvalue weighted by Gasteiger charge is -2.01. The summed E-state index contributed by atoms with van der Waals surface area (Å²) in [4.78, 5) is 6.27. The van der Waals surface area contributed by atoms with E-state index in [0.29, 0.717) is 0 Å². The Labute approximate surface area is 119 Å². The van der Waals surface area contributed by atoms with Crippen molar-refractivity contribution in [3.63, 3.8) is 0 Å². The number of likely N-dealkylation sites (N-methyl/N-ethyl adjacent to an activating group) is 1. The molecule has 0 aliphatic rings. The molecular formula is C16H22N2S. The highest BCUT2D eigenvalue weighted by atomic mass is 32.1. The molecule has 0 spiro atoms. The van der Waals surface area contributed by atoms with E-state index in [4.69, 9.17) is 4.98 Å². The van der Waals surface area contributed by atoms with Crippen LogP contribution in [0.25, 0.3) is 11.3 Å². The minimum atomic E-state index is 1.01. The third-order valence-corrected chi connectivity index (χ3v) is 4.31. The number of aromatic nitrogens is 1. The predicted molar refractivity (Wildman–Crippen MR) is 83.8 cm³/mol. The second-order valence-electron chi connectivity index (χ2n) is 4.70. The van der Waals surface area contributed by atoms with Crippen LogP contribution in [-0.4, -0.2) is 18.6 Å². The number of nitrogens with zero attached hydrogens (tertiary/aromatic N) is 1. The molecule has 1 aromatic carbocycles. The molecule has 1 N–H and O–H groups in total. The molecule has 0 bridgehead atoms. The molecule has 0 atom stereocenters. The Morgan fingerprint density at radius 3 is 2.63 bits per heavy atom. The third-order valence-electron chi connectivity index (χ3n) is 3.14. The van der Waals surface area contributed by atoms with Crippen molar-refractivity contribution in [1.29, 1.82) is 0 Å². The van der Waals surface area contributed by atoms with Gasteiger partial charge in [0.2, 0.25) is 0 Å². The van der Waals surface area contributed by atoms with Crippen LogP contribution in [0.5, 0.6) is 0 Å². The molecule has 0 saturated heterocycles. The lowest BCUT2D eigenvalue weighted by atomic mass is 10.1. The first-order valence-corrected chi connectivity index (χ1v) is 7.85. The van der Waals surface area contributed by atoms with Crippen LogP contribution in [0.1, 0.15) is 29.7 Å². The number of rotatable bonds is 7. The fourth-order valence-corrected chi connectivity index (χ4v) is 3.20. The number of benzene rings is 1. The highest BCUT2D eigenvalue weighted by Crippen LogP contribution is 2.29. The zero-order valence-electron chi connectivity index (χ0n) is 11.8. The largest absolute Gasteiger partial charge is 0.319 e. The van der Waals surface area contributed by atoms with Crippen LogP contribution in [-0.2, 0) is 12.8 Å². The van der Waals surface area contributed by atoms with Gasteiger partial charge in [0, 0.05) is 10.4 Å². The van der Waals surface area contributed by atoms with Crippen LogP contribution >= 0.6 is 11.3 Å². The summed E-state index contributed by atoms with van der Waals surface area (Å²) in [7, 11) is 2.00. The fourth-order valence-electron chi connectivity index (χ4n) is 2.06. The van der Waals surface area contributed by atoms with Gasteiger partial charge in [0.05, 0.1) is 10.7 Å².